The molecule has 0 aliphatic carbocycles. The summed E-state index contributed by atoms with van der Waals surface area (Å²) < 4.78 is 7.40. The number of benzene rings is 1. The smallest absolute Gasteiger partial charge is 0.289 e. The van der Waals surface area contributed by atoms with Crippen LogP contribution in [-0.2, 0) is 5.60 Å². The average Bonchev–Trinajstić information content (AvgIpc) is 3.28. The Kier molecular flexibility index (Phi) is 4.03. The average molecular weight is 354 g/mol. The molecule has 0 bridgehead atoms. The van der Waals surface area contributed by atoms with Crippen molar-refractivity contribution >= 4 is 16.9 Å². The Morgan fingerprint density at radius 1 is 1.35 bits per heavy atom. The van der Waals surface area contributed by atoms with Crippen molar-refractivity contribution in [3.63, 3.8) is 0 Å². The highest BCUT2D eigenvalue weighted by Gasteiger charge is 2.40. The lowest BCUT2D eigenvalue weighted by Crippen LogP contribution is -2.48. The maximum Gasteiger partial charge on any atom is 0.289 e. The van der Waals surface area contributed by atoms with Crippen molar-refractivity contribution in [2.24, 2.45) is 0 Å². The minimum Gasteiger partial charge on any atom is -0.451 e. The van der Waals surface area contributed by atoms with Crippen molar-refractivity contribution in [2.45, 2.75) is 38.3 Å². The van der Waals surface area contributed by atoms with Crippen molar-refractivity contribution in [2.75, 3.05) is 13.1 Å². The number of fused-ring (bicyclic) bond motifs is 1. The fourth-order valence-electron chi connectivity index (χ4n) is 3.40. The van der Waals surface area contributed by atoms with Gasteiger partial charge in [0.1, 0.15) is 16.9 Å². The Bertz CT molecular complexity index is 912. The second kappa shape index (κ2) is 6.25. The van der Waals surface area contributed by atoms with Gasteiger partial charge in [0.25, 0.3) is 5.91 Å². The molecule has 0 unspecified atom stereocenters. The fraction of sp³-hybridized carbons (Fsp3) is 0.421. The second-order valence-electron chi connectivity index (χ2n) is 7.19. The van der Waals surface area contributed by atoms with Crippen molar-refractivity contribution < 1.29 is 14.3 Å². The summed E-state index contributed by atoms with van der Waals surface area (Å²) in [6.07, 6.45) is 3.00. The number of amides is 1. The zero-order valence-corrected chi connectivity index (χ0v) is 14.9. The molecule has 1 saturated heterocycles. The molecule has 7 heteroatoms. The van der Waals surface area contributed by atoms with Crippen molar-refractivity contribution in [1.82, 2.24) is 19.9 Å². The highest BCUT2D eigenvalue weighted by atomic mass is 16.3. The number of carbonyl (C=O) groups is 1. The topological polar surface area (TPSA) is 84.4 Å². The van der Waals surface area contributed by atoms with E-state index in [2.05, 4.69) is 10.3 Å². The van der Waals surface area contributed by atoms with Crippen LogP contribution in [0.25, 0.3) is 11.0 Å². The van der Waals surface area contributed by atoms with Crippen LogP contribution in [0.4, 0.5) is 0 Å². The monoisotopic (exact) mass is 354 g/mol. The van der Waals surface area contributed by atoms with Gasteiger partial charge in [0.15, 0.2) is 5.76 Å². The third-order valence-corrected chi connectivity index (χ3v) is 4.91. The summed E-state index contributed by atoms with van der Waals surface area (Å²) in [5.41, 5.74) is 0.00359. The maximum atomic E-state index is 12.9. The number of likely N-dealkylation sites (tertiary alicyclic amines) is 1. The lowest BCUT2D eigenvalue weighted by Gasteiger charge is -2.37. The molecule has 26 heavy (non-hydrogen) atoms. The van der Waals surface area contributed by atoms with Crippen LogP contribution in [0.2, 0.25) is 0 Å². The number of nitrogens with zero attached hydrogens (tertiary/aromatic N) is 4. The molecule has 2 aromatic heterocycles. The molecule has 1 aromatic carbocycles. The number of para-hydroxylation sites is 1. The lowest BCUT2D eigenvalue weighted by molar-refractivity contribution is -0.0327. The molecule has 1 fully saturated rings. The van der Waals surface area contributed by atoms with Gasteiger partial charge in [-0.05, 0) is 38.8 Å². The molecule has 3 heterocycles. The molecular formula is C19H22N4O3. The molecule has 7 nitrogen and oxygen atoms in total. The van der Waals surface area contributed by atoms with Crippen LogP contribution in [0.1, 0.15) is 49.0 Å². The number of β-amino-alcohol motifs (C(OH)–C–C–N with tert-alkyl or cyclic N) is 1. The maximum absolute atomic E-state index is 12.9. The van der Waals surface area contributed by atoms with Gasteiger partial charge in [0, 0.05) is 18.0 Å². The summed E-state index contributed by atoms with van der Waals surface area (Å²) in [5.74, 6) is 0.0804. The molecule has 4 rings (SSSR count). The Balaban J connectivity index is 1.58. The quantitative estimate of drug-likeness (QED) is 0.782. The van der Waals surface area contributed by atoms with Crippen LogP contribution >= 0.6 is 0 Å². The van der Waals surface area contributed by atoms with Gasteiger partial charge in [-0.15, -0.1) is 5.10 Å². The minimum atomic E-state index is -1.19. The van der Waals surface area contributed by atoms with Gasteiger partial charge in [0.2, 0.25) is 0 Å². The van der Waals surface area contributed by atoms with Gasteiger partial charge < -0.3 is 14.4 Å². The van der Waals surface area contributed by atoms with E-state index in [9.17, 15) is 9.90 Å². The highest BCUT2D eigenvalue weighted by Crippen LogP contribution is 2.31. The first-order chi connectivity index (χ1) is 12.5. The third-order valence-electron chi connectivity index (χ3n) is 4.91. The van der Waals surface area contributed by atoms with Crippen molar-refractivity contribution in [1.29, 1.82) is 0 Å². The van der Waals surface area contributed by atoms with Crippen molar-refractivity contribution in [3.05, 3.63) is 48.0 Å². The van der Waals surface area contributed by atoms with E-state index in [-0.39, 0.29) is 18.5 Å². The van der Waals surface area contributed by atoms with E-state index in [1.165, 1.54) is 0 Å². The predicted molar refractivity (Wildman–Crippen MR) is 95.7 cm³/mol. The summed E-state index contributed by atoms with van der Waals surface area (Å²) in [5, 5.41) is 20.2. The normalized spacial score (nSPS) is 20.8. The molecule has 1 aliphatic heterocycles. The molecule has 1 aliphatic rings. The highest BCUT2D eigenvalue weighted by molar-refractivity contribution is 5.96. The van der Waals surface area contributed by atoms with Gasteiger partial charge in [-0.3, -0.25) is 4.79 Å². The van der Waals surface area contributed by atoms with E-state index in [1.54, 1.807) is 21.8 Å². The molecule has 1 atom stereocenters. The van der Waals surface area contributed by atoms with Crippen molar-refractivity contribution in [3.8, 4) is 0 Å². The van der Waals surface area contributed by atoms with Gasteiger partial charge in [-0.25, -0.2) is 4.68 Å². The number of aliphatic hydroxyl groups is 1. The second-order valence-corrected chi connectivity index (χ2v) is 7.19. The number of furan rings is 1. The van der Waals surface area contributed by atoms with Crippen LogP contribution in [-0.4, -0.2) is 44.0 Å². The van der Waals surface area contributed by atoms with Gasteiger partial charge in [0.05, 0.1) is 12.7 Å². The minimum absolute atomic E-state index is 0.164. The molecule has 0 radical (unpaired) electrons. The van der Waals surface area contributed by atoms with Gasteiger partial charge in [-0.2, -0.15) is 0 Å². The number of hydrogen-bond acceptors (Lipinski definition) is 5. The van der Waals surface area contributed by atoms with Crippen LogP contribution in [0, 0.1) is 0 Å². The first-order valence-corrected chi connectivity index (χ1v) is 8.89. The van der Waals surface area contributed by atoms with E-state index < -0.39 is 5.60 Å². The van der Waals surface area contributed by atoms with E-state index in [4.69, 9.17) is 4.42 Å². The molecule has 0 saturated carbocycles. The van der Waals surface area contributed by atoms with Crippen LogP contribution in [0.3, 0.4) is 0 Å². The van der Waals surface area contributed by atoms with Gasteiger partial charge in [-0.1, -0.05) is 23.4 Å². The van der Waals surface area contributed by atoms with Crippen LogP contribution in [0.15, 0.2) is 40.9 Å². The SMILES string of the molecule is CC(C)n1cc([C@]2(O)CCCN(C(=O)c3cc4ccccc4o3)C2)nn1. The largest absolute Gasteiger partial charge is 0.451 e. The van der Waals surface area contributed by atoms with Gasteiger partial charge >= 0.3 is 0 Å². The Labute approximate surface area is 151 Å². The number of hydrogen-bond donors (Lipinski definition) is 1. The Morgan fingerprint density at radius 2 is 2.15 bits per heavy atom. The molecular weight excluding hydrogens is 332 g/mol. The summed E-state index contributed by atoms with van der Waals surface area (Å²) >= 11 is 0. The van der Waals surface area contributed by atoms with Crippen LogP contribution in [0.5, 0.6) is 0 Å². The molecule has 1 amide bonds. The van der Waals surface area contributed by atoms with E-state index in [0.717, 1.165) is 5.39 Å². The van der Waals surface area contributed by atoms with E-state index in [0.29, 0.717) is 36.4 Å². The van der Waals surface area contributed by atoms with E-state index >= 15 is 0 Å². The summed E-state index contributed by atoms with van der Waals surface area (Å²) in [7, 11) is 0. The number of piperidine rings is 1. The Morgan fingerprint density at radius 3 is 2.88 bits per heavy atom. The third kappa shape index (κ3) is 2.88. The Hall–Kier alpha value is -2.67. The molecule has 136 valence electrons. The lowest BCUT2D eigenvalue weighted by atomic mass is 9.90. The first kappa shape index (κ1) is 16.8. The van der Waals surface area contributed by atoms with Crippen LogP contribution < -0.4 is 0 Å². The zero-order valence-electron chi connectivity index (χ0n) is 14.9. The molecule has 3 aromatic rings. The number of aromatic nitrogens is 3. The molecule has 0 spiro atoms. The fourth-order valence-corrected chi connectivity index (χ4v) is 3.40. The first-order valence-electron chi connectivity index (χ1n) is 8.89. The number of rotatable bonds is 3. The molecule has 1 N–H and O–H groups in total. The number of carbonyl (C=O) groups excluding carboxylic acids is 1. The predicted octanol–water partition coefficient (Wildman–Crippen LogP) is 2.73. The van der Waals surface area contributed by atoms with E-state index in [1.807, 2.05) is 38.1 Å². The zero-order chi connectivity index (χ0) is 18.3. The summed E-state index contributed by atoms with van der Waals surface area (Å²) in [6, 6.07) is 9.44. The summed E-state index contributed by atoms with van der Waals surface area (Å²) in [6.45, 7) is 4.76. The summed E-state index contributed by atoms with van der Waals surface area (Å²) in [4.78, 5) is 14.5. The standard InChI is InChI=1S/C19H22N4O3/c1-13(2)23-11-17(20-21-23)19(25)8-5-9-22(12-19)18(24)16-10-14-6-3-4-7-15(14)26-16/h3-4,6-7,10-11,13,25H,5,8-9,12H2,1-2H3/t19-/m0/s1.